The topological polar surface area (TPSA) is 46.6 Å². The Morgan fingerprint density at radius 3 is 2.19 bits per heavy atom. The number of carbonyl (C=O) groups is 2. The summed E-state index contributed by atoms with van der Waals surface area (Å²) < 4.78 is 4.92. The Morgan fingerprint density at radius 2 is 1.69 bits per heavy atom. The van der Waals surface area contributed by atoms with Crippen molar-refractivity contribution in [3.8, 4) is 0 Å². The van der Waals surface area contributed by atoms with Crippen LogP contribution in [0.15, 0.2) is 0 Å². The maximum absolute atomic E-state index is 11.6. The van der Waals surface area contributed by atoms with Crippen LogP contribution in [0.2, 0.25) is 0 Å². The number of nitrogens with zero attached hydrogens (tertiary/aromatic N) is 1. The van der Waals surface area contributed by atoms with Crippen molar-refractivity contribution in [3.63, 3.8) is 0 Å². The monoisotopic (exact) mass is 229 g/mol. The van der Waals surface area contributed by atoms with Crippen LogP contribution in [-0.2, 0) is 14.3 Å². The second-order valence-electron chi connectivity index (χ2n) is 3.64. The molecule has 0 atom stereocenters. The highest BCUT2D eigenvalue weighted by Crippen LogP contribution is 2.02. The van der Waals surface area contributed by atoms with E-state index in [-0.39, 0.29) is 11.9 Å². The first-order chi connectivity index (χ1) is 7.65. The average molecular weight is 229 g/mol. The lowest BCUT2D eigenvalue weighted by Gasteiger charge is -2.18. The zero-order chi connectivity index (χ0) is 12.4. The van der Waals surface area contributed by atoms with E-state index in [1.54, 1.807) is 4.90 Å². The summed E-state index contributed by atoms with van der Waals surface area (Å²) in [5.74, 6) is -0.0810. The number of ether oxygens (including phenoxy) is 1. The van der Waals surface area contributed by atoms with Crippen LogP contribution in [0, 0.1) is 0 Å². The molecule has 0 aromatic heterocycles. The fraction of sp³-hybridized carbons (Fsp3) is 0.833. The van der Waals surface area contributed by atoms with Gasteiger partial charge in [0.25, 0.3) is 0 Å². The van der Waals surface area contributed by atoms with E-state index in [4.69, 9.17) is 4.74 Å². The summed E-state index contributed by atoms with van der Waals surface area (Å²) in [5.41, 5.74) is 0. The molecule has 0 N–H and O–H groups in total. The van der Waals surface area contributed by atoms with Gasteiger partial charge in [-0.2, -0.15) is 0 Å². The van der Waals surface area contributed by atoms with Gasteiger partial charge in [0.2, 0.25) is 5.91 Å². The van der Waals surface area contributed by atoms with E-state index >= 15 is 0 Å². The number of amides is 1. The van der Waals surface area contributed by atoms with Gasteiger partial charge in [0.05, 0.1) is 6.61 Å². The Bertz CT molecular complexity index is 212. The molecule has 0 aliphatic carbocycles. The van der Waals surface area contributed by atoms with Crippen LogP contribution in [-0.4, -0.2) is 36.5 Å². The largest absolute Gasteiger partial charge is 0.466 e. The van der Waals surface area contributed by atoms with E-state index in [1.807, 2.05) is 20.8 Å². The molecular weight excluding hydrogens is 206 g/mol. The normalized spacial score (nSPS) is 9.94. The third-order valence-electron chi connectivity index (χ3n) is 2.35. The van der Waals surface area contributed by atoms with Gasteiger partial charge in [-0.25, -0.2) is 0 Å². The third kappa shape index (κ3) is 6.43. The van der Waals surface area contributed by atoms with Gasteiger partial charge in [-0.3, -0.25) is 9.59 Å². The van der Waals surface area contributed by atoms with Crippen molar-refractivity contribution in [2.75, 3.05) is 19.7 Å². The Morgan fingerprint density at radius 1 is 1.06 bits per heavy atom. The predicted molar refractivity (Wildman–Crippen MR) is 63.0 cm³/mol. The fourth-order valence-electron chi connectivity index (χ4n) is 1.41. The molecule has 0 aliphatic heterocycles. The van der Waals surface area contributed by atoms with Crippen molar-refractivity contribution in [2.24, 2.45) is 0 Å². The molecule has 0 bridgehead atoms. The van der Waals surface area contributed by atoms with Crippen LogP contribution in [0.4, 0.5) is 0 Å². The number of rotatable bonds is 8. The second-order valence-corrected chi connectivity index (χ2v) is 3.64. The highest BCUT2D eigenvalue weighted by molar-refractivity contribution is 5.77. The van der Waals surface area contributed by atoms with Crippen LogP contribution in [0.25, 0.3) is 0 Å². The Kier molecular flexibility index (Phi) is 8.58. The van der Waals surface area contributed by atoms with Gasteiger partial charge in [-0.1, -0.05) is 6.92 Å². The molecule has 16 heavy (non-hydrogen) atoms. The van der Waals surface area contributed by atoms with E-state index in [0.717, 1.165) is 19.5 Å². The lowest BCUT2D eigenvalue weighted by Crippen LogP contribution is -2.30. The second kappa shape index (κ2) is 9.19. The first-order valence-corrected chi connectivity index (χ1v) is 6.09. The molecule has 0 rings (SSSR count). The molecule has 94 valence electrons. The number of hydrogen-bond donors (Lipinski definition) is 0. The van der Waals surface area contributed by atoms with E-state index in [1.165, 1.54) is 0 Å². The molecule has 0 saturated carbocycles. The molecular formula is C12H23NO3. The minimum absolute atomic E-state index is 0.119. The molecule has 0 aromatic carbocycles. The van der Waals surface area contributed by atoms with Crippen molar-refractivity contribution in [1.82, 2.24) is 4.90 Å². The molecule has 0 fully saturated rings. The van der Waals surface area contributed by atoms with Crippen molar-refractivity contribution in [1.29, 1.82) is 0 Å². The molecule has 0 aliphatic rings. The minimum atomic E-state index is -0.200. The van der Waals surface area contributed by atoms with Gasteiger partial charge in [-0.05, 0) is 26.7 Å². The zero-order valence-electron chi connectivity index (χ0n) is 10.6. The highest BCUT2D eigenvalue weighted by atomic mass is 16.5. The van der Waals surface area contributed by atoms with Gasteiger partial charge in [0, 0.05) is 25.9 Å². The fourth-order valence-corrected chi connectivity index (χ4v) is 1.41. The van der Waals surface area contributed by atoms with Gasteiger partial charge < -0.3 is 9.64 Å². The Balaban J connectivity index is 3.64. The van der Waals surface area contributed by atoms with Crippen LogP contribution in [0.1, 0.15) is 46.5 Å². The standard InChI is InChI=1S/C12H23NO3/c1-4-10-16-12(15)9-7-8-11(14)13(5-2)6-3/h4-10H2,1-3H3. The van der Waals surface area contributed by atoms with Crippen molar-refractivity contribution >= 4 is 11.9 Å². The molecule has 0 heterocycles. The average Bonchev–Trinajstić information content (AvgIpc) is 2.28. The summed E-state index contributed by atoms with van der Waals surface area (Å²) in [7, 11) is 0. The number of carbonyl (C=O) groups excluding carboxylic acids is 2. The molecule has 0 saturated heterocycles. The quantitative estimate of drug-likeness (QED) is 0.598. The van der Waals surface area contributed by atoms with Crippen LogP contribution in [0.5, 0.6) is 0 Å². The number of hydrogen-bond acceptors (Lipinski definition) is 3. The lowest BCUT2D eigenvalue weighted by atomic mass is 10.2. The summed E-state index contributed by atoms with van der Waals surface area (Å²) in [6.45, 7) is 7.80. The van der Waals surface area contributed by atoms with Gasteiger partial charge >= 0.3 is 5.97 Å². The summed E-state index contributed by atoms with van der Waals surface area (Å²) in [6, 6.07) is 0. The van der Waals surface area contributed by atoms with Gasteiger partial charge in [0.15, 0.2) is 0 Å². The SMILES string of the molecule is CCCOC(=O)CCCC(=O)N(CC)CC. The van der Waals surface area contributed by atoms with E-state index in [0.29, 0.717) is 25.9 Å². The molecule has 0 radical (unpaired) electrons. The van der Waals surface area contributed by atoms with E-state index < -0.39 is 0 Å². The summed E-state index contributed by atoms with van der Waals surface area (Å²) in [4.78, 5) is 24.5. The Hall–Kier alpha value is -1.06. The predicted octanol–water partition coefficient (Wildman–Crippen LogP) is 1.98. The molecule has 1 amide bonds. The third-order valence-corrected chi connectivity index (χ3v) is 2.35. The molecule has 0 unspecified atom stereocenters. The van der Waals surface area contributed by atoms with E-state index in [2.05, 4.69) is 0 Å². The summed E-state index contributed by atoms with van der Waals surface area (Å²) >= 11 is 0. The smallest absolute Gasteiger partial charge is 0.305 e. The molecule has 4 heteroatoms. The first kappa shape index (κ1) is 14.9. The maximum atomic E-state index is 11.6. The van der Waals surface area contributed by atoms with Gasteiger partial charge in [0.1, 0.15) is 0 Å². The summed E-state index contributed by atoms with van der Waals surface area (Å²) in [6.07, 6.45) is 2.19. The van der Waals surface area contributed by atoms with Crippen LogP contribution >= 0.6 is 0 Å². The lowest BCUT2D eigenvalue weighted by molar-refractivity contribution is -0.143. The molecule has 0 spiro atoms. The van der Waals surface area contributed by atoms with E-state index in [9.17, 15) is 9.59 Å². The van der Waals surface area contributed by atoms with Crippen molar-refractivity contribution in [3.05, 3.63) is 0 Å². The minimum Gasteiger partial charge on any atom is -0.466 e. The van der Waals surface area contributed by atoms with Crippen LogP contribution in [0.3, 0.4) is 0 Å². The first-order valence-electron chi connectivity index (χ1n) is 6.09. The molecule has 4 nitrogen and oxygen atoms in total. The van der Waals surface area contributed by atoms with Crippen molar-refractivity contribution in [2.45, 2.75) is 46.5 Å². The molecule has 0 aromatic rings. The van der Waals surface area contributed by atoms with Crippen molar-refractivity contribution < 1.29 is 14.3 Å². The number of esters is 1. The van der Waals surface area contributed by atoms with Gasteiger partial charge in [-0.15, -0.1) is 0 Å². The zero-order valence-corrected chi connectivity index (χ0v) is 10.6. The maximum Gasteiger partial charge on any atom is 0.305 e. The Labute approximate surface area is 98.0 Å². The highest BCUT2D eigenvalue weighted by Gasteiger charge is 2.10. The summed E-state index contributed by atoms with van der Waals surface area (Å²) in [5, 5.41) is 0. The van der Waals surface area contributed by atoms with Crippen LogP contribution < -0.4 is 0 Å².